The van der Waals surface area contributed by atoms with Crippen molar-refractivity contribution in [2.75, 3.05) is 12.3 Å². The van der Waals surface area contributed by atoms with Gasteiger partial charge in [-0.3, -0.25) is 0 Å². The van der Waals surface area contributed by atoms with Crippen molar-refractivity contribution in [3.63, 3.8) is 0 Å². The Morgan fingerprint density at radius 3 is 2.70 bits per heavy atom. The normalized spacial score (nSPS) is 10.7. The van der Waals surface area contributed by atoms with Crippen LogP contribution in [0.1, 0.15) is 17.5 Å². The lowest BCUT2D eigenvalue weighted by Crippen LogP contribution is -2.24. The van der Waals surface area contributed by atoms with E-state index in [1.807, 2.05) is 42.5 Å². The number of carbonyl (C=O) groups excluding carboxylic acids is 1. The van der Waals surface area contributed by atoms with Gasteiger partial charge >= 0.3 is 6.09 Å². The zero-order chi connectivity index (χ0) is 16.5. The molecular formula is C18H19ClN2O2. The summed E-state index contributed by atoms with van der Waals surface area (Å²) in [6, 6.07) is 14.9. The van der Waals surface area contributed by atoms with E-state index in [2.05, 4.69) is 5.32 Å². The fraction of sp³-hybridized carbons (Fsp3) is 0.167. The summed E-state index contributed by atoms with van der Waals surface area (Å²) < 4.78 is 5.12. The van der Waals surface area contributed by atoms with E-state index in [1.165, 1.54) is 0 Å². The van der Waals surface area contributed by atoms with Crippen LogP contribution in [-0.4, -0.2) is 12.6 Å². The molecule has 5 heteroatoms. The first-order valence-corrected chi connectivity index (χ1v) is 7.69. The van der Waals surface area contributed by atoms with Crippen molar-refractivity contribution in [1.29, 1.82) is 0 Å². The molecule has 1 amide bonds. The molecule has 23 heavy (non-hydrogen) atoms. The molecule has 0 aliphatic rings. The molecule has 2 aromatic rings. The molecule has 0 spiro atoms. The predicted octanol–water partition coefficient (Wildman–Crippen LogP) is 4.25. The Balaban J connectivity index is 1.69. The number of hydrogen-bond acceptors (Lipinski definition) is 3. The number of hydrogen-bond donors (Lipinski definition) is 2. The number of nitrogens with one attached hydrogen (secondary N) is 1. The van der Waals surface area contributed by atoms with Crippen LogP contribution in [0.3, 0.4) is 0 Å². The van der Waals surface area contributed by atoms with Gasteiger partial charge in [0.2, 0.25) is 0 Å². The van der Waals surface area contributed by atoms with Gasteiger partial charge in [-0.25, -0.2) is 4.79 Å². The second kappa shape index (κ2) is 8.86. The highest BCUT2D eigenvalue weighted by Gasteiger charge is 2.02. The summed E-state index contributed by atoms with van der Waals surface area (Å²) in [6.45, 7) is 0.743. The molecule has 0 unspecified atom stereocenters. The average molecular weight is 331 g/mol. The van der Waals surface area contributed by atoms with Gasteiger partial charge in [-0.1, -0.05) is 60.2 Å². The standard InChI is InChI=1S/C18H19ClN2O2/c19-16-10-6-11-17(20)15(16)9-4-5-12-21-18(22)23-13-14-7-2-1-3-8-14/h1-4,6-11H,5,12-13,20H2,(H,21,22). The maximum atomic E-state index is 11.6. The van der Waals surface area contributed by atoms with Crippen LogP contribution in [0.15, 0.2) is 54.6 Å². The van der Waals surface area contributed by atoms with Crippen molar-refractivity contribution in [3.8, 4) is 0 Å². The number of benzene rings is 2. The van der Waals surface area contributed by atoms with E-state index in [-0.39, 0.29) is 6.61 Å². The number of halogens is 1. The summed E-state index contributed by atoms with van der Waals surface area (Å²) in [7, 11) is 0. The number of ether oxygens (including phenoxy) is 1. The van der Waals surface area contributed by atoms with Crippen molar-refractivity contribution in [1.82, 2.24) is 5.32 Å². The summed E-state index contributed by atoms with van der Waals surface area (Å²) in [5.74, 6) is 0. The Labute approximate surface area is 140 Å². The lowest BCUT2D eigenvalue weighted by molar-refractivity contribution is 0.140. The number of amides is 1. The largest absolute Gasteiger partial charge is 0.445 e. The number of carbonyl (C=O) groups is 1. The van der Waals surface area contributed by atoms with Crippen LogP contribution in [-0.2, 0) is 11.3 Å². The van der Waals surface area contributed by atoms with Gasteiger partial charge in [-0.2, -0.15) is 0 Å². The van der Waals surface area contributed by atoms with Gasteiger partial charge in [0, 0.05) is 22.8 Å². The summed E-state index contributed by atoms with van der Waals surface area (Å²) in [5, 5.41) is 3.30. The molecular weight excluding hydrogens is 312 g/mol. The Kier molecular flexibility index (Phi) is 6.51. The molecule has 120 valence electrons. The average Bonchev–Trinajstić information content (AvgIpc) is 2.56. The third-order valence-corrected chi connectivity index (χ3v) is 3.49. The van der Waals surface area contributed by atoms with Crippen LogP contribution in [0.2, 0.25) is 5.02 Å². The maximum Gasteiger partial charge on any atom is 0.407 e. The Morgan fingerprint density at radius 2 is 1.96 bits per heavy atom. The summed E-state index contributed by atoms with van der Waals surface area (Å²) >= 11 is 6.07. The van der Waals surface area contributed by atoms with Gasteiger partial charge in [0.25, 0.3) is 0 Å². The molecule has 3 N–H and O–H groups in total. The van der Waals surface area contributed by atoms with Gasteiger partial charge in [-0.05, 0) is 24.1 Å². The van der Waals surface area contributed by atoms with Crippen molar-refractivity contribution < 1.29 is 9.53 Å². The lowest BCUT2D eigenvalue weighted by atomic mass is 10.1. The fourth-order valence-electron chi connectivity index (χ4n) is 1.96. The highest BCUT2D eigenvalue weighted by molar-refractivity contribution is 6.32. The lowest BCUT2D eigenvalue weighted by Gasteiger charge is -2.06. The molecule has 0 aliphatic carbocycles. The zero-order valence-corrected chi connectivity index (χ0v) is 13.4. The van der Waals surface area contributed by atoms with Gasteiger partial charge in [0.1, 0.15) is 6.61 Å². The van der Waals surface area contributed by atoms with Crippen molar-refractivity contribution >= 4 is 29.5 Å². The minimum absolute atomic E-state index is 0.263. The molecule has 0 aliphatic heterocycles. The van der Waals surface area contributed by atoms with Crippen LogP contribution < -0.4 is 11.1 Å². The Bertz CT molecular complexity index is 652. The quantitative estimate of drug-likeness (QED) is 0.614. The summed E-state index contributed by atoms with van der Waals surface area (Å²) in [6.07, 6.45) is 3.99. The molecule has 0 aromatic heterocycles. The van der Waals surface area contributed by atoms with Crippen LogP contribution in [0, 0.1) is 0 Å². The third kappa shape index (κ3) is 5.68. The number of nitrogens with two attached hydrogens (primary N) is 1. The number of nitrogen functional groups attached to an aromatic ring is 1. The van der Waals surface area contributed by atoms with Crippen LogP contribution in [0.5, 0.6) is 0 Å². The smallest absolute Gasteiger partial charge is 0.407 e. The predicted molar refractivity (Wildman–Crippen MR) is 94.1 cm³/mol. The van der Waals surface area contributed by atoms with E-state index in [1.54, 1.807) is 18.2 Å². The summed E-state index contributed by atoms with van der Waals surface area (Å²) in [5.41, 5.74) is 8.23. The minimum Gasteiger partial charge on any atom is -0.445 e. The Morgan fingerprint density at radius 1 is 1.17 bits per heavy atom. The monoisotopic (exact) mass is 330 g/mol. The third-order valence-electron chi connectivity index (χ3n) is 3.16. The van der Waals surface area contributed by atoms with Crippen molar-refractivity contribution in [3.05, 3.63) is 70.8 Å². The molecule has 0 saturated carbocycles. The maximum absolute atomic E-state index is 11.6. The van der Waals surface area contributed by atoms with E-state index < -0.39 is 6.09 Å². The second-order valence-electron chi connectivity index (χ2n) is 4.92. The highest BCUT2D eigenvalue weighted by Crippen LogP contribution is 2.23. The molecule has 0 saturated heterocycles. The van der Waals surface area contributed by atoms with Crippen LogP contribution in [0.4, 0.5) is 10.5 Å². The van der Waals surface area contributed by atoms with Gasteiger partial charge in [-0.15, -0.1) is 0 Å². The minimum atomic E-state index is -0.431. The Hall–Kier alpha value is -2.46. The van der Waals surface area contributed by atoms with E-state index >= 15 is 0 Å². The molecule has 0 atom stereocenters. The summed E-state index contributed by atoms with van der Waals surface area (Å²) in [4.78, 5) is 11.6. The van der Waals surface area contributed by atoms with Crippen molar-refractivity contribution in [2.24, 2.45) is 0 Å². The molecule has 2 aromatic carbocycles. The molecule has 0 radical (unpaired) electrons. The van der Waals surface area contributed by atoms with E-state index in [0.717, 1.165) is 11.1 Å². The molecule has 4 nitrogen and oxygen atoms in total. The van der Waals surface area contributed by atoms with Gasteiger partial charge < -0.3 is 15.8 Å². The number of alkyl carbamates (subject to hydrolysis) is 1. The molecule has 0 bridgehead atoms. The second-order valence-corrected chi connectivity index (χ2v) is 5.33. The van der Waals surface area contributed by atoms with E-state index in [4.69, 9.17) is 22.1 Å². The van der Waals surface area contributed by atoms with E-state index in [9.17, 15) is 4.79 Å². The topological polar surface area (TPSA) is 64.3 Å². The first-order chi connectivity index (χ1) is 11.2. The molecule has 2 rings (SSSR count). The van der Waals surface area contributed by atoms with Crippen molar-refractivity contribution in [2.45, 2.75) is 13.0 Å². The zero-order valence-electron chi connectivity index (χ0n) is 12.7. The first-order valence-electron chi connectivity index (χ1n) is 7.32. The number of rotatable bonds is 6. The van der Waals surface area contributed by atoms with Crippen LogP contribution >= 0.6 is 11.6 Å². The molecule has 0 fully saturated rings. The number of anilines is 1. The van der Waals surface area contributed by atoms with Crippen LogP contribution in [0.25, 0.3) is 6.08 Å². The SMILES string of the molecule is Nc1cccc(Cl)c1C=CCCNC(=O)OCc1ccccc1. The van der Waals surface area contributed by atoms with E-state index in [0.29, 0.717) is 23.7 Å². The first kappa shape index (κ1) is 16.9. The van der Waals surface area contributed by atoms with Gasteiger partial charge in [0.15, 0.2) is 0 Å². The highest BCUT2D eigenvalue weighted by atomic mass is 35.5. The fourth-order valence-corrected chi connectivity index (χ4v) is 2.21. The molecule has 0 heterocycles. The van der Waals surface area contributed by atoms with Gasteiger partial charge in [0.05, 0.1) is 0 Å².